The van der Waals surface area contributed by atoms with Gasteiger partial charge in [0.25, 0.3) is 5.91 Å². The number of hydrogen-bond acceptors (Lipinski definition) is 3. The molecule has 104 valence electrons. The fourth-order valence-electron chi connectivity index (χ4n) is 1.40. The maximum atomic E-state index is 13.0. The molecule has 0 saturated carbocycles. The number of benzene rings is 1. The highest BCUT2D eigenvalue weighted by Crippen LogP contribution is 2.13. The predicted octanol–water partition coefficient (Wildman–Crippen LogP) is 1.61. The second-order valence-corrected chi connectivity index (χ2v) is 4.25. The van der Waals surface area contributed by atoms with Crippen LogP contribution in [0.25, 0.3) is 0 Å². The standard InChI is InChI=1S/C12H15F2N3O2/c1-3-12(2,11(15)17-19)16-10(18)7-4-5-8(13)9(14)6-7/h4-6,19H,3H2,1-2H3,(H2,15,17)(H,16,18). The Morgan fingerprint density at radius 3 is 2.58 bits per heavy atom. The molecule has 4 N–H and O–H groups in total. The molecule has 0 aromatic heterocycles. The van der Waals surface area contributed by atoms with E-state index in [1.807, 2.05) is 0 Å². The van der Waals surface area contributed by atoms with Crippen molar-refractivity contribution < 1.29 is 18.8 Å². The summed E-state index contributed by atoms with van der Waals surface area (Å²) in [4.78, 5) is 11.9. The molecule has 0 aliphatic carbocycles. The number of rotatable bonds is 4. The van der Waals surface area contributed by atoms with Crippen LogP contribution in [-0.2, 0) is 0 Å². The van der Waals surface area contributed by atoms with Gasteiger partial charge in [0.05, 0.1) is 5.54 Å². The van der Waals surface area contributed by atoms with Crippen molar-refractivity contribution in [2.24, 2.45) is 10.9 Å². The van der Waals surface area contributed by atoms with Gasteiger partial charge in [-0.15, -0.1) is 0 Å². The van der Waals surface area contributed by atoms with Crippen LogP contribution in [0.2, 0.25) is 0 Å². The molecule has 0 radical (unpaired) electrons. The minimum absolute atomic E-state index is 0.0516. The van der Waals surface area contributed by atoms with E-state index in [4.69, 9.17) is 10.9 Å². The maximum Gasteiger partial charge on any atom is 0.252 e. The minimum atomic E-state index is -1.12. The summed E-state index contributed by atoms with van der Waals surface area (Å²) in [5, 5.41) is 14.0. The normalized spacial score (nSPS) is 14.8. The van der Waals surface area contributed by atoms with Crippen molar-refractivity contribution in [3.05, 3.63) is 35.4 Å². The average Bonchev–Trinajstić information content (AvgIpc) is 2.40. The van der Waals surface area contributed by atoms with Crippen LogP contribution >= 0.6 is 0 Å². The van der Waals surface area contributed by atoms with Crippen LogP contribution in [0.1, 0.15) is 30.6 Å². The molecule has 19 heavy (non-hydrogen) atoms. The molecule has 0 spiro atoms. The molecular formula is C12H15F2N3O2. The molecule has 0 aliphatic heterocycles. The molecule has 0 bridgehead atoms. The summed E-state index contributed by atoms with van der Waals surface area (Å²) in [6, 6.07) is 2.79. The highest BCUT2D eigenvalue weighted by Gasteiger charge is 2.30. The number of carbonyl (C=O) groups is 1. The molecule has 1 aromatic rings. The third-order valence-corrected chi connectivity index (χ3v) is 2.95. The zero-order valence-electron chi connectivity index (χ0n) is 10.6. The molecular weight excluding hydrogens is 256 g/mol. The zero-order chi connectivity index (χ0) is 14.6. The molecule has 1 unspecified atom stereocenters. The molecule has 1 atom stereocenters. The number of hydrogen-bond donors (Lipinski definition) is 3. The number of halogens is 2. The van der Waals surface area contributed by atoms with Crippen molar-refractivity contribution in [3.8, 4) is 0 Å². The Balaban J connectivity index is 2.98. The van der Waals surface area contributed by atoms with E-state index in [1.54, 1.807) is 13.8 Å². The third kappa shape index (κ3) is 3.18. The largest absolute Gasteiger partial charge is 0.409 e. The van der Waals surface area contributed by atoms with Gasteiger partial charge in [-0.05, 0) is 31.5 Å². The third-order valence-electron chi connectivity index (χ3n) is 2.95. The van der Waals surface area contributed by atoms with Gasteiger partial charge in [0, 0.05) is 5.56 Å². The van der Waals surface area contributed by atoms with Gasteiger partial charge in [-0.1, -0.05) is 12.1 Å². The molecule has 1 rings (SSSR count). The lowest BCUT2D eigenvalue weighted by Gasteiger charge is -2.28. The van der Waals surface area contributed by atoms with Gasteiger partial charge in [0.15, 0.2) is 17.5 Å². The van der Waals surface area contributed by atoms with Crippen LogP contribution in [-0.4, -0.2) is 22.5 Å². The van der Waals surface area contributed by atoms with E-state index < -0.39 is 23.1 Å². The van der Waals surface area contributed by atoms with E-state index in [0.717, 1.165) is 18.2 Å². The molecule has 0 heterocycles. The van der Waals surface area contributed by atoms with Crippen LogP contribution in [0.4, 0.5) is 8.78 Å². The van der Waals surface area contributed by atoms with Crippen LogP contribution in [0.5, 0.6) is 0 Å². The predicted molar refractivity (Wildman–Crippen MR) is 65.9 cm³/mol. The van der Waals surface area contributed by atoms with Crippen LogP contribution in [0, 0.1) is 11.6 Å². The van der Waals surface area contributed by atoms with Gasteiger partial charge in [0.2, 0.25) is 0 Å². The molecule has 1 aromatic carbocycles. The molecule has 7 heteroatoms. The van der Waals surface area contributed by atoms with Gasteiger partial charge in [-0.2, -0.15) is 0 Å². The summed E-state index contributed by atoms with van der Waals surface area (Å²) < 4.78 is 25.8. The van der Waals surface area contributed by atoms with Crippen LogP contribution < -0.4 is 11.1 Å². The van der Waals surface area contributed by atoms with E-state index in [-0.39, 0.29) is 11.4 Å². The summed E-state index contributed by atoms with van der Waals surface area (Å²) in [5.41, 5.74) is 4.37. The van der Waals surface area contributed by atoms with Gasteiger partial charge < -0.3 is 16.3 Å². The fraction of sp³-hybridized carbons (Fsp3) is 0.333. The minimum Gasteiger partial charge on any atom is -0.409 e. The number of carbonyl (C=O) groups excluding carboxylic acids is 1. The van der Waals surface area contributed by atoms with E-state index >= 15 is 0 Å². The van der Waals surface area contributed by atoms with Crippen molar-refractivity contribution in [1.29, 1.82) is 0 Å². The molecule has 1 amide bonds. The first-order chi connectivity index (χ1) is 8.84. The van der Waals surface area contributed by atoms with Gasteiger partial charge >= 0.3 is 0 Å². The summed E-state index contributed by atoms with van der Waals surface area (Å²) in [6.07, 6.45) is 0.359. The highest BCUT2D eigenvalue weighted by atomic mass is 19.2. The highest BCUT2D eigenvalue weighted by molar-refractivity contribution is 6.00. The SMILES string of the molecule is CCC(C)(NC(=O)c1ccc(F)c(F)c1)/C(N)=N/O. The van der Waals surface area contributed by atoms with Gasteiger partial charge in [-0.25, -0.2) is 8.78 Å². The van der Waals surface area contributed by atoms with Crippen LogP contribution in [0.15, 0.2) is 23.4 Å². The smallest absolute Gasteiger partial charge is 0.252 e. The number of oxime groups is 1. The Labute approximate surface area is 109 Å². The van der Waals surface area contributed by atoms with E-state index in [0.29, 0.717) is 6.42 Å². The lowest BCUT2D eigenvalue weighted by atomic mass is 9.97. The summed E-state index contributed by atoms with van der Waals surface area (Å²) in [5.74, 6) is -2.97. The molecule has 5 nitrogen and oxygen atoms in total. The number of nitrogens with zero attached hydrogens (tertiary/aromatic N) is 1. The van der Waals surface area contributed by atoms with Crippen molar-refractivity contribution in [2.45, 2.75) is 25.8 Å². The second-order valence-electron chi connectivity index (χ2n) is 4.25. The Hall–Kier alpha value is -2.18. The summed E-state index contributed by atoms with van der Waals surface area (Å²) in [7, 11) is 0. The summed E-state index contributed by atoms with van der Waals surface area (Å²) in [6.45, 7) is 3.28. The molecule has 0 aliphatic rings. The number of amidine groups is 1. The Kier molecular flexibility index (Phi) is 4.42. The van der Waals surface area contributed by atoms with Crippen molar-refractivity contribution in [3.63, 3.8) is 0 Å². The number of amides is 1. The van der Waals surface area contributed by atoms with E-state index in [9.17, 15) is 13.6 Å². The van der Waals surface area contributed by atoms with Crippen LogP contribution in [0.3, 0.4) is 0 Å². The quantitative estimate of drug-likeness (QED) is 0.336. The lowest BCUT2D eigenvalue weighted by molar-refractivity contribution is 0.0924. The number of nitrogens with two attached hydrogens (primary N) is 1. The zero-order valence-corrected chi connectivity index (χ0v) is 10.6. The molecule has 0 saturated heterocycles. The first kappa shape index (κ1) is 14.9. The maximum absolute atomic E-state index is 13.0. The Morgan fingerprint density at radius 1 is 1.47 bits per heavy atom. The number of nitrogens with one attached hydrogen (secondary N) is 1. The van der Waals surface area contributed by atoms with Crippen molar-refractivity contribution in [1.82, 2.24) is 5.32 Å². The molecule has 0 fully saturated rings. The first-order valence-corrected chi connectivity index (χ1v) is 5.59. The summed E-state index contributed by atoms with van der Waals surface area (Å²) >= 11 is 0. The van der Waals surface area contributed by atoms with Gasteiger partial charge in [-0.3, -0.25) is 4.79 Å². The monoisotopic (exact) mass is 271 g/mol. The average molecular weight is 271 g/mol. The van der Waals surface area contributed by atoms with E-state index in [1.165, 1.54) is 0 Å². The van der Waals surface area contributed by atoms with Crippen molar-refractivity contribution >= 4 is 11.7 Å². The fourth-order valence-corrected chi connectivity index (χ4v) is 1.40. The van der Waals surface area contributed by atoms with Gasteiger partial charge in [0.1, 0.15) is 0 Å². The topological polar surface area (TPSA) is 87.7 Å². The Morgan fingerprint density at radius 2 is 2.11 bits per heavy atom. The first-order valence-electron chi connectivity index (χ1n) is 5.59. The van der Waals surface area contributed by atoms with Crippen molar-refractivity contribution in [2.75, 3.05) is 0 Å². The Bertz CT molecular complexity index is 520. The van der Waals surface area contributed by atoms with E-state index in [2.05, 4.69) is 10.5 Å². The second kappa shape index (κ2) is 5.64. The lowest BCUT2D eigenvalue weighted by Crippen LogP contribution is -2.55.